The van der Waals surface area contributed by atoms with Gasteiger partial charge in [0, 0.05) is 22.5 Å². The molecule has 102 valence electrons. The fourth-order valence-corrected chi connectivity index (χ4v) is 2.72. The average Bonchev–Trinajstić information content (AvgIpc) is 2.68. The Labute approximate surface area is 117 Å². The van der Waals surface area contributed by atoms with E-state index in [0.29, 0.717) is 5.56 Å². The van der Waals surface area contributed by atoms with Crippen LogP contribution in [-0.4, -0.2) is 10.5 Å². The molecular weight excluding hydrogens is 259 g/mol. The number of rotatable bonds is 3. The van der Waals surface area contributed by atoms with Crippen molar-refractivity contribution in [1.82, 2.24) is 10.3 Å². The lowest BCUT2D eigenvalue weighted by atomic mass is 10.1. The Kier molecular flexibility index (Phi) is 4.02. The molecule has 0 unspecified atom stereocenters. The molecule has 0 fully saturated rings. The quantitative estimate of drug-likeness (QED) is 0.912. The van der Waals surface area contributed by atoms with Crippen LogP contribution in [0.5, 0.6) is 0 Å². The Morgan fingerprint density at radius 1 is 1.26 bits per heavy atom. The van der Waals surface area contributed by atoms with Gasteiger partial charge in [-0.3, -0.25) is 0 Å². The third-order valence-corrected chi connectivity index (χ3v) is 3.97. The van der Waals surface area contributed by atoms with Gasteiger partial charge in [0.15, 0.2) is 0 Å². The topological polar surface area (TPSA) is 24.9 Å². The van der Waals surface area contributed by atoms with E-state index in [-0.39, 0.29) is 11.4 Å². The van der Waals surface area contributed by atoms with Crippen LogP contribution in [0.4, 0.5) is 4.39 Å². The number of thiazole rings is 1. The minimum atomic E-state index is -0.216. The highest BCUT2D eigenvalue weighted by Gasteiger charge is 2.15. The summed E-state index contributed by atoms with van der Waals surface area (Å²) in [7, 11) is 0. The van der Waals surface area contributed by atoms with Crippen LogP contribution in [0, 0.1) is 12.7 Å². The minimum absolute atomic E-state index is 0.0641. The molecule has 1 aromatic heterocycles. The number of hydrogen-bond donors (Lipinski definition) is 1. The molecule has 2 rings (SSSR count). The van der Waals surface area contributed by atoms with Crippen molar-refractivity contribution in [2.24, 2.45) is 0 Å². The SMILES string of the molecule is Cc1nc(-c2ccccc2F)sc1CNC(C)(C)C. The van der Waals surface area contributed by atoms with Crippen molar-refractivity contribution < 1.29 is 4.39 Å². The first-order chi connectivity index (χ1) is 8.87. The first-order valence-corrected chi connectivity index (χ1v) is 7.15. The highest BCUT2D eigenvalue weighted by atomic mass is 32.1. The van der Waals surface area contributed by atoms with E-state index in [9.17, 15) is 4.39 Å². The molecule has 0 spiro atoms. The van der Waals surface area contributed by atoms with E-state index in [4.69, 9.17) is 0 Å². The van der Waals surface area contributed by atoms with Gasteiger partial charge in [0.2, 0.25) is 0 Å². The maximum atomic E-state index is 13.7. The number of halogens is 1. The largest absolute Gasteiger partial charge is 0.307 e. The predicted molar refractivity (Wildman–Crippen MR) is 78.8 cm³/mol. The fourth-order valence-electron chi connectivity index (χ4n) is 1.69. The third-order valence-electron chi connectivity index (χ3n) is 2.78. The van der Waals surface area contributed by atoms with E-state index in [0.717, 1.165) is 22.1 Å². The summed E-state index contributed by atoms with van der Waals surface area (Å²) in [6.45, 7) is 9.12. The van der Waals surface area contributed by atoms with Crippen molar-refractivity contribution in [2.45, 2.75) is 39.8 Å². The Bertz CT molecular complexity index is 570. The van der Waals surface area contributed by atoms with Gasteiger partial charge in [0.1, 0.15) is 10.8 Å². The predicted octanol–water partition coefficient (Wildman–Crippen LogP) is 4.15. The normalized spacial score (nSPS) is 11.8. The molecule has 0 bridgehead atoms. The van der Waals surface area contributed by atoms with Crippen molar-refractivity contribution in [2.75, 3.05) is 0 Å². The smallest absolute Gasteiger partial charge is 0.133 e. The molecule has 0 aliphatic rings. The maximum Gasteiger partial charge on any atom is 0.133 e. The van der Waals surface area contributed by atoms with Gasteiger partial charge in [-0.2, -0.15) is 0 Å². The second-order valence-corrected chi connectivity index (χ2v) is 6.69. The summed E-state index contributed by atoms with van der Waals surface area (Å²) in [5, 5.41) is 4.19. The molecule has 0 amide bonds. The van der Waals surface area contributed by atoms with Crippen LogP contribution in [0.3, 0.4) is 0 Å². The zero-order valence-electron chi connectivity index (χ0n) is 11.7. The molecule has 2 nitrogen and oxygen atoms in total. The Morgan fingerprint density at radius 3 is 2.58 bits per heavy atom. The molecule has 1 N–H and O–H groups in total. The van der Waals surface area contributed by atoms with Crippen LogP contribution in [0.1, 0.15) is 31.3 Å². The van der Waals surface area contributed by atoms with E-state index >= 15 is 0 Å². The van der Waals surface area contributed by atoms with Gasteiger partial charge in [-0.1, -0.05) is 12.1 Å². The van der Waals surface area contributed by atoms with E-state index in [1.54, 1.807) is 23.5 Å². The van der Waals surface area contributed by atoms with Gasteiger partial charge in [0.25, 0.3) is 0 Å². The van der Waals surface area contributed by atoms with Crippen LogP contribution in [-0.2, 0) is 6.54 Å². The molecule has 2 aromatic rings. The van der Waals surface area contributed by atoms with Crippen LogP contribution in [0.2, 0.25) is 0 Å². The molecule has 19 heavy (non-hydrogen) atoms. The summed E-state index contributed by atoms with van der Waals surface area (Å²) in [6, 6.07) is 6.78. The van der Waals surface area contributed by atoms with Crippen LogP contribution in [0.15, 0.2) is 24.3 Å². The monoisotopic (exact) mass is 278 g/mol. The first-order valence-electron chi connectivity index (χ1n) is 6.33. The molecule has 1 aromatic carbocycles. The Hall–Kier alpha value is -1.26. The van der Waals surface area contributed by atoms with Crippen molar-refractivity contribution >= 4 is 11.3 Å². The second-order valence-electron chi connectivity index (χ2n) is 5.61. The van der Waals surface area contributed by atoms with Crippen molar-refractivity contribution in [1.29, 1.82) is 0 Å². The number of hydrogen-bond acceptors (Lipinski definition) is 3. The van der Waals surface area contributed by atoms with Gasteiger partial charge in [-0.05, 0) is 39.8 Å². The van der Waals surface area contributed by atoms with E-state index < -0.39 is 0 Å². The number of aryl methyl sites for hydroxylation is 1. The second kappa shape index (κ2) is 5.39. The fraction of sp³-hybridized carbons (Fsp3) is 0.400. The first kappa shape index (κ1) is 14.2. The van der Waals surface area contributed by atoms with E-state index in [1.807, 2.05) is 13.0 Å². The average molecular weight is 278 g/mol. The van der Waals surface area contributed by atoms with Crippen molar-refractivity contribution in [3.63, 3.8) is 0 Å². The molecule has 0 saturated carbocycles. The molecule has 0 atom stereocenters. The summed E-state index contributed by atoms with van der Waals surface area (Å²) in [5.74, 6) is -0.216. The molecule has 0 radical (unpaired) electrons. The zero-order chi connectivity index (χ0) is 14.0. The summed E-state index contributed by atoms with van der Waals surface area (Å²) in [4.78, 5) is 5.64. The number of nitrogens with zero attached hydrogens (tertiary/aromatic N) is 1. The Morgan fingerprint density at radius 2 is 1.95 bits per heavy atom. The minimum Gasteiger partial charge on any atom is -0.307 e. The van der Waals surface area contributed by atoms with Gasteiger partial charge >= 0.3 is 0 Å². The highest BCUT2D eigenvalue weighted by Crippen LogP contribution is 2.29. The van der Waals surface area contributed by atoms with Crippen molar-refractivity contribution in [3.05, 3.63) is 40.7 Å². The zero-order valence-corrected chi connectivity index (χ0v) is 12.6. The van der Waals surface area contributed by atoms with Crippen LogP contribution < -0.4 is 5.32 Å². The Balaban J connectivity index is 2.24. The third kappa shape index (κ3) is 3.61. The number of aromatic nitrogens is 1. The molecule has 0 aliphatic carbocycles. The lowest BCUT2D eigenvalue weighted by Gasteiger charge is -2.19. The van der Waals surface area contributed by atoms with Crippen LogP contribution in [0.25, 0.3) is 10.6 Å². The van der Waals surface area contributed by atoms with E-state index in [2.05, 4.69) is 31.1 Å². The standard InChI is InChI=1S/C15H19FN2S/c1-10-13(9-17-15(2,3)4)19-14(18-10)11-7-5-6-8-12(11)16/h5-8,17H,9H2,1-4H3. The molecule has 1 heterocycles. The lowest BCUT2D eigenvalue weighted by Crippen LogP contribution is -2.34. The summed E-state index contributed by atoms with van der Waals surface area (Å²) in [5.41, 5.74) is 1.62. The summed E-state index contributed by atoms with van der Waals surface area (Å²) < 4.78 is 13.7. The highest BCUT2D eigenvalue weighted by molar-refractivity contribution is 7.15. The molecule has 4 heteroatoms. The lowest BCUT2D eigenvalue weighted by molar-refractivity contribution is 0.425. The van der Waals surface area contributed by atoms with Gasteiger partial charge in [-0.15, -0.1) is 11.3 Å². The molecular formula is C15H19FN2S. The van der Waals surface area contributed by atoms with Gasteiger partial charge in [0.05, 0.1) is 5.69 Å². The number of nitrogens with one attached hydrogen (secondary N) is 1. The van der Waals surface area contributed by atoms with Crippen LogP contribution >= 0.6 is 11.3 Å². The maximum absolute atomic E-state index is 13.7. The summed E-state index contributed by atoms with van der Waals surface area (Å²) >= 11 is 1.55. The summed E-state index contributed by atoms with van der Waals surface area (Å²) in [6.07, 6.45) is 0. The molecule has 0 aliphatic heterocycles. The number of benzene rings is 1. The molecule has 0 saturated heterocycles. The van der Waals surface area contributed by atoms with Crippen molar-refractivity contribution in [3.8, 4) is 10.6 Å². The van der Waals surface area contributed by atoms with E-state index in [1.165, 1.54) is 6.07 Å². The van der Waals surface area contributed by atoms with Gasteiger partial charge in [-0.25, -0.2) is 9.37 Å². The van der Waals surface area contributed by atoms with Gasteiger partial charge < -0.3 is 5.32 Å².